The summed E-state index contributed by atoms with van der Waals surface area (Å²) in [5.41, 5.74) is 0.471. The van der Waals surface area contributed by atoms with Gasteiger partial charge in [-0.1, -0.05) is 51.4 Å². The van der Waals surface area contributed by atoms with Crippen LogP contribution in [0.2, 0.25) is 0 Å². The van der Waals surface area contributed by atoms with E-state index in [1.807, 2.05) is 20.8 Å². The Hall–Kier alpha value is -1.10. The van der Waals surface area contributed by atoms with Crippen molar-refractivity contribution in [3.63, 3.8) is 0 Å². The molecule has 1 aliphatic rings. The van der Waals surface area contributed by atoms with E-state index in [1.165, 1.54) is 43.4 Å². The summed E-state index contributed by atoms with van der Waals surface area (Å²) in [6.07, 6.45) is 6.25. The van der Waals surface area contributed by atoms with Crippen LogP contribution in [0.1, 0.15) is 75.2 Å². The minimum Gasteiger partial charge on any atom is -0.477 e. The molecule has 1 heterocycles. The van der Waals surface area contributed by atoms with Crippen LogP contribution in [0.3, 0.4) is 0 Å². The number of thiazole rings is 1. The van der Waals surface area contributed by atoms with Gasteiger partial charge in [0.1, 0.15) is 4.88 Å². The number of aromatic carboxylic acids is 1. The van der Waals surface area contributed by atoms with Gasteiger partial charge in [0.2, 0.25) is 0 Å². The van der Waals surface area contributed by atoms with E-state index in [0.29, 0.717) is 16.6 Å². The van der Waals surface area contributed by atoms with Crippen molar-refractivity contribution in [1.82, 2.24) is 4.98 Å². The second-order valence-electron chi connectivity index (χ2n) is 6.81. The van der Waals surface area contributed by atoms with E-state index in [1.54, 1.807) is 0 Å². The first-order valence-electron chi connectivity index (χ1n) is 7.85. The Balaban J connectivity index is 2.35. The third-order valence-electron chi connectivity index (χ3n) is 4.12. The fourth-order valence-corrected chi connectivity index (χ4v) is 4.28. The van der Waals surface area contributed by atoms with Crippen LogP contribution in [-0.2, 0) is 5.41 Å². The molecule has 0 aliphatic heterocycles. The van der Waals surface area contributed by atoms with Gasteiger partial charge < -0.3 is 10.0 Å². The van der Waals surface area contributed by atoms with Crippen LogP contribution in [0, 0.1) is 0 Å². The smallest absolute Gasteiger partial charge is 0.347 e. The van der Waals surface area contributed by atoms with Gasteiger partial charge >= 0.3 is 5.97 Å². The average Bonchev–Trinajstić information content (AvgIpc) is 2.86. The highest BCUT2D eigenvalue weighted by molar-refractivity contribution is 7.17. The zero-order chi connectivity index (χ0) is 15.6. The van der Waals surface area contributed by atoms with E-state index in [-0.39, 0.29) is 5.41 Å². The number of carbonyl (C=O) groups is 1. The van der Waals surface area contributed by atoms with E-state index < -0.39 is 5.97 Å². The van der Waals surface area contributed by atoms with Crippen LogP contribution in [0.5, 0.6) is 0 Å². The Bertz CT molecular complexity index is 499. The van der Waals surface area contributed by atoms with E-state index >= 15 is 0 Å². The molecule has 0 bridgehead atoms. The zero-order valence-electron chi connectivity index (χ0n) is 13.5. The fourth-order valence-electron chi connectivity index (χ4n) is 3.03. The van der Waals surface area contributed by atoms with Crippen molar-refractivity contribution in [2.45, 2.75) is 71.3 Å². The van der Waals surface area contributed by atoms with Crippen molar-refractivity contribution in [1.29, 1.82) is 0 Å². The van der Waals surface area contributed by atoms with E-state index in [4.69, 9.17) is 4.98 Å². The number of anilines is 1. The van der Waals surface area contributed by atoms with Gasteiger partial charge in [0.25, 0.3) is 0 Å². The molecular formula is C16H26N2O2S. The molecule has 2 rings (SSSR count). The summed E-state index contributed by atoms with van der Waals surface area (Å²) in [6, 6.07) is 0.518. The van der Waals surface area contributed by atoms with Gasteiger partial charge in [-0.25, -0.2) is 9.78 Å². The van der Waals surface area contributed by atoms with E-state index in [9.17, 15) is 9.90 Å². The molecule has 1 fully saturated rings. The topological polar surface area (TPSA) is 53.4 Å². The highest BCUT2D eigenvalue weighted by Gasteiger charge is 2.30. The highest BCUT2D eigenvalue weighted by Crippen LogP contribution is 2.36. The van der Waals surface area contributed by atoms with Crippen LogP contribution in [0.4, 0.5) is 5.13 Å². The number of aromatic nitrogens is 1. The summed E-state index contributed by atoms with van der Waals surface area (Å²) >= 11 is 1.34. The molecule has 1 aromatic heterocycles. The molecule has 0 amide bonds. The molecule has 118 valence electrons. The minimum absolute atomic E-state index is 0.242. The molecule has 1 aliphatic carbocycles. The lowest BCUT2D eigenvalue weighted by atomic mass is 9.91. The summed E-state index contributed by atoms with van der Waals surface area (Å²) in [6.45, 7) is 9.09. The van der Waals surface area contributed by atoms with Gasteiger partial charge in [0.05, 0.1) is 5.69 Å². The second-order valence-corrected chi connectivity index (χ2v) is 7.78. The van der Waals surface area contributed by atoms with Crippen molar-refractivity contribution in [2.24, 2.45) is 0 Å². The Morgan fingerprint density at radius 2 is 1.95 bits per heavy atom. The zero-order valence-corrected chi connectivity index (χ0v) is 14.3. The molecule has 1 saturated carbocycles. The van der Waals surface area contributed by atoms with Crippen molar-refractivity contribution in [3.05, 3.63) is 10.6 Å². The van der Waals surface area contributed by atoms with E-state index in [0.717, 1.165) is 11.7 Å². The number of rotatable bonds is 4. The molecule has 0 unspecified atom stereocenters. The summed E-state index contributed by atoms with van der Waals surface area (Å²) < 4.78 is 0. The van der Waals surface area contributed by atoms with Crippen LogP contribution in [0.15, 0.2) is 0 Å². The standard InChI is InChI=1S/C16H26N2O2S/c1-5-18(11-9-7-6-8-10-11)15-17-13(16(2,3)4)12(21-15)14(19)20/h11H,5-10H2,1-4H3,(H,19,20). The quantitative estimate of drug-likeness (QED) is 0.901. The van der Waals surface area contributed by atoms with Crippen LogP contribution in [-0.4, -0.2) is 28.6 Å². The van der Waals surface area contributed by atoms with Gasteiger partial charge in [-0.05, 0) is 19.8 Å². The largest absolute Gasteiger partial charge is 0.477 e. The maximum atomic E-state index is 11.5. The molecule has 0 aromatic carbocycles. The summed E-state index contributed by atoms with van der Waals surface area (Å²) in [5.74, 6) is -0.858. The lowest BCUT2D eigenvalue weighted by molar-refractivity contribution is 0.0699. The second kappa shape index (κ2) is 6.34. The Kier molecular flexibility index (Phi) is 4.91. The maximum Gasteiger partial charge on any atom is 0.347 e. The lowest BCUT2D eigenvalue weighted by Gasteiger charge is -2.33. The number of hydrogen-bond acceptors (Lipinski definition) is 4. The Morgan fingerprint density at radius 3 is 2.38 bits per heavy atom. The maximum absolute atomic E-state index is 11.5. The van der Waals surface area contributed by atoms with E-state index in [2.05, 4.69) is 11.8 Å². The number of carboxylic acid groups (broad SMARTS) is 1. The molecule has 1 N–H and O–H groups in total. The molecule has 0 spiro atoms. The van der Waals surface area contributed by atoms with Gasteiger partial charge in [0.15, 0.2) is 5.13 Å². The Labute approximate surface area is 131 Å². The van der Waals surface area contributed by atoms with Gasteiger partial charge in [-0.2, -0.15) is 0 Å². The predicted molar refractivity (Wildman–Crippen MR) is 87.7 cm³/mol. The molecule has 21 heavy (non-hydrogen) atoms. The average molecular weight is 310 g/mol. The summed E-state index contributed by atoms with van der Waals surface area (Å²) in [4.78, 5) is 18.9. The monoisotopic (exact) mass is 310 g/mol. The minimum atomic E-state index is -0.858. The van der Waals surface area contributed by atoms with Crippen LogP contribution < -0.4 is 4.90 Å². The summed E-state index contributed by atoms with van der Waals surface area (Å²) in [5, 5.41) is 10.3. The number of nitrogens with zero attached hydrogens (tertiary/aromatic N) is 2. The molecule has 4 nitrogen and oxygen atoms in total. The van der Waals surface area contributed by atoms with Crippen molar-refractivity contribution < 1.29 is 9.90 Å². The van der Waals surface area contributed by atoms with Crippen molar-refractivity contribution >= 4 is 22.4 Å². The molecular weight excluding hydrogens is 284 g/mol. The van der Waals surface area contributed by atoms with Crippen molar-refractivity contribution in [2.75, 3.05) is 11.4 Å². The van der Waals surface area contributed by atoms with Crippen LogP contribution in [0.25, 0.3) is 0 Å². The Morgan fingerprint density at radius 1 is 1.33 bits per heavy atom. The molecule has 1 aromatic rings. The molecule has 0 radical (unpaired) electrons. The SMILES string of the molecule is CCN(c1nc(C(C)(C)C)c(C(=O)O)s1)C1CCCCC1. The molecule has 5 heteroatoms. The number of carboxylic acids is 1. The highest BCUT2D eigenvalue weighted by atomic mass is 32.1. The van der Waals surface area contributed by atoms with Gasteiger partial charge in [-0.15, -0.1) is 0 Å². The van der Waals surface area contributed by atoms with Gasteiger partial charge in [-0.3, -0.25) is 0 Å². The van der Waals surface area contributed by atoms with Crippen molar-refractivity contribution in [3.8, 4) is 0 Å². The lowest BCUT2D eigenvalue weighted by Crippen LogP contribution is -2.36. The third kappa shape index (κ3) is 3.57. The van der Waals surface area contributed by atoms with Gasteiger partial charge in [0, 0.05) is 18.0 Å². The molecule has 0 saturated heterocycles. The first-order chi connectivity index (χ1) is 9.84. The first-order valence-corrected chi connectivity index (χ1v) is 8.67. The normalized spacial score (nSPS) is 17.0. The predicted octanol–water partition coefficient (Wildman–Crippen LogP) is 4.30. The van der Waals surface area contributed by atoms with Crippen LogP contribution >= 0.6 is 11.3 Å². The fraction of sp³-hybridized carbons (Fsp3) is 0.750. The summed E-state index contributed by atoms with van der Waals surface area (Å²) in [7, 11) is 0. The molecule has 0 atom stereocenters. The number of hydrogen-bond donors (Lipinski definition) is 1. The third-order valence-corrected chi connectivity index (χ3v) is 5.20. The first kappa shape index (κ1) is 16.3.